The second-order valence-electron chi connectivity index (χ2n) is 16.3. The van der Waals surface area contributed by atoms with E-state index >= 15 is 0 Å². The van der Waals surface area contributed by atoms with Crippen LogP contribution < -0.4 is 3.71 Å². The molecule has 0 spiro atoms. The zero-order valence-electron chi connectivity index (χ0n) is 38.0. The molecular weight excluding hydrogens is 1020 g/mol. The number of ketones is 1. The smallest absolute Gasteiger partial charge is 0.469 e. The maximum atomic E-state index is 12.4. The van der Waals surface area contributed by atoms with E-state index in [4.69, 9.17) is 14.0 Å². The predicted octanol–water partition coefficient (Wildman–Crippen LogP) is 7.34. The van der Waals surface area contributed by atoms with Gasteiger partial charge in [-0.15, -0.1) is 3.71 Å². The first kappa shape index (κ1) is 60.7. The number of nitrogens with zero attached hydrogens (tertiary/aromatic N) is 1. The molecule has 0 aromatic heterocycles. The van der Waals surface area contributed by atoms with Gasteiger partial charge in [-0.1, -0.05) is 24.3 Å². The summed E-state index contributed by atoms with van der Waals surface area (Å²) < 4.78 is 205. The Hall–Kier alpha value is -4.42. The van der Waals surface area contributed by atoms with Gasteiger partial charge in [-0.25, -0.2) is 0 Å². The highest BCUT2D eigenvalue weighted by molar-refractivity contribution is 8.11. The number of halogens is 9. The van der Waals surface area contributed by atoms with Gasteiger partial charge >= 0.3 is 71.7 Å². The Morgan fingerprint density at radius 3 is 1.35 bits per heavy atom. The Bertz CT molecular complexity index is 2300. The van der Waals surface area contributed by atoms with E-state index < -0.39 is 68.0 Å². The van der Waals surface area contributed by atoms with Crippen molar-refractivity contribution in [1.82, 2.24) is 0 Å². The molecule has 0 radical (unpaired) electrons. The van der Waals surface area contributed by atoms with Crippen LogP contribution >= 0.6 is 0 Å². The molecule has 30 heteroatoms. The summed E-state index contributed by atoms with van der Waals surface area (Å²) in [6.07, 6.45) is 8.24. The SMILES string of the molecule is COC(=O)C1CC=C(B2OC(C)(C)C(C)(C)O2)CC1.COC(=O)C1CC=C(OS(=O)(=O)C(F)(F)F)CC1.COC(=O)C1CCC(=O)CC1.O=S(=O)(N(c1ccccc1)S(=O)(=O)C(F)(F)F)C(F)(F)F. The highest BCUT2D eigenvalue weighted by Gasteiger charge is 2.62. The van der Waals surface area contributed by atoms with Crippen molar-refractivity contribution >= 4 is 66.7 Å². The Morgan fingerprint density at radius 1 is 0.609 bits per heavy atom. The van der Waals surface area contributed by atoms with Crippen molar-refractivity contribution in [2.45, 2.75) is 120 Å². The zero-order chi connectivity index (χ0) is 53.2. The lowest BCUT2D eigenvalue weighted by atomic mass is 9.70. The van der Waals surface area contributed by atoms with Gasteiger partial charge in [-0.05, 0) is 96.3 Å². The number of para-hydroxylation sites is 1. The Morgan fingerprint density at radius 2 is 1.00 bits per heavy atom. The molecule has 1 aromatic carbocycles. The first-order valence-electron chi connectivity index (χ1n) is 20.4. The molecule has 2 fully saturated rings. The van der Waals surface area contributed by atoms with Crippen molar-refractivity contribution in [3.05, 3.63) is 53.7 Å². The van der Waals surface area contributed by atoms with E-state index in [1.807, 2.05) is 27.7 Å². The lowest BCUT2D eigenvalue weighted by Crippen LogP contribution is -2.49. The van der Waals surface area contributed by atoms with Gasteiger partial charge in [0.2, 0.25) is 0 Å². The molecule has 5 rings (SSSR count). The number of carbonyl (C=O) groups is 4. The molecule has 2 unspecified atom stereocenters. The van der Waals surface area contributed by atoms with E-state index in [2.05, 4.69) is 19.7 Å². The standard InChI is InChI=1S/C14H23BO4.C9H11F3O5S.C8H5F6NO4S2.C8H12O3/c1-13(2)14(3,4)19-15(18-13)11-8-6-10(7-9-11)12(16)17-5;1-16-8(13)6-2-4-7(5-3-6)17-18(14,15)9(10,11)12;9-7(10,11)20(16,17)15(6-4-2-1-3-5-6)21(18,19)8(12,13)14;1-11-8(10)6-2-4-7(9)5-3-6/h8,10H,6-7,9H2,1-5H3;4,6H,2-3,5H2,1H3;1-5H;6H,2-5H2,1H3. The maximum absolute atomic E-state index is 12.4. The number of hydrogen-bond donors (Lipinski definition) is 0. The monoisotopic (exact) mass is 1070 g/mol. The fraction of sp³-hybridized carbons (Fsp3) is 0.641. The average Bonchev–Trinajstić information content (AvgIpc) is 3.48. The number of benzene rings is 1. The van der Waals surface area contributed by atoms with Gasteiger partial charge in [0.05, 0.1) is 56.0 Å². The van der Waals surface area contributed by atoms with E-state index in [1.165, 1.54) is 21.3 Å². The summed E-state index contributed by atoms with van der Waals surface area (Å²) in [6.45, 7) is 8.20. The summed E-state index contributed by atoms with van der Waals surface area (Å²) in [5.41, 5.74) is -18.7. The Balaban J connectivity index is 0.000000322. The average molecular weight is 1070 g/mol. The summed E-state index contributed by atoms with van der Waals surface area (Å²) in [5.74, 6) is -1.33. The molecule has 1 heterocycles. The van der Waals surface area contributed by atoms with Gasteiger partial charge in [-0.2, -0.15) is 64.8 Å². The van der Waals surface area contributed by atoms with Crippen molar-refractivity contribution in [2.24, 2.45) is 17.8 Å². The highest BCUT2D eigenvalue weighted by Crippen LogP contribution is 2.41. The zero-order valence-corrected chi connectivity index (χ0v) is 40.5. The van der Waals surface area contributed by atoms with Crippen molar-refractivity contribution in [2.75, 3.05) is 25.0 Å². The van der Waals surface area contributed by atoms with E-state index in [0.29, 0.717) is 44.2 Å². The Labute approximate surface area is 393 Å². The summed E-state index contributed by atoms with van der Waals surface area (Å²) in [7, 11) is -15.5. The van der Waals surface area contributed by atoms with Crippen molar-refractivity contribution < 1.29 is 112 Å². The molecule has 1 saturated carbocycles. The number of esters is 3. The van der Waals surface area contributed by atoms with E-state index in [0.717, 1.165) is 42.6 Å². The number of alkyl halides is 9. The van der Waals surface area contributed by atoms with Crippen LogP contribution in [-0.2, 0) is 77.0 Å². The minimum absolute atomic E-state index is 0.0174. The summed E-state index contributed by atoms with van der Waals surface area (Å²) in [4.78, 5) is 44.3. The summed E-state index contributed by atoms with van der Waals surface area (Å²) in [6, 6.07) is 3.85. The fourth-order valence-corrected chi connectivity index (χ4v) is 9.63. The van der Waals surface area contributed by atoms with Crippen molar-refractivity contribution in [1.29, 1.82) is 0 Å². The second kappa shape index (κ2) is 23.7. The fourth-order valence-electron chi connectivity index (χ4n) is 6.39. The molecule has 2 atom stereocenters. The molecule has 0 N–H and O–H groups in total. The van der Waals surface area contributed by atoms with E-state index in [1.54, 1.807) is 0 Å². The lowest BCUT2D eigenvalue weighted by molar-refractivity contribution is -0.147. The molecular formula is C39H51BF9NO16S3. The van der Waals surface area contributed by atoms with Crippen LogP contribution in [0.15, 0.2) is 53.7 Å². The van der Waals surface area contributed by atoms with Crippen LogP contribution in [0.1, 0.15) is 91.9 Å². The minimum atomic E-state index is -6.81. The molecule has 1 aliphatic heterocycles. The summed E-state index contributed by atoms with van der Waals surface area (Å²) >= 11 is 0. The normalized spacial score (nSPS) is 20.9. The van der Waals surface area contributed by atoms with Gasteiger partial charge in [-0.3, -0.25) is 19.2 Å². The van der Waals surface area contributed by atoms with Gasteiger partial charge in [0.15, 0.2) is 0 Å². The third-order valence-electron chi connectivity index (χ3n) is 11.0. The van der Waals surface area contributed by atoms with Crippen LogP contribution in [0.3, 0.4) is 0 Å². The molecule has 3 aliphatic carbocycles. The number of anilines is 1. The maximum Gasteiger partial charge on any atom is 0.534 e. The number of sulfonamides is 2. The summed E-state index contributed by atoms with van der Waals surface area (Å²) in [5, 5.41) is 0. The number of allylic oxidation sites excluding steroid dienone is 4. The topological polar surface area (TPSA) is 229 Å². The van der Waals surface area contributed by atoms with Crippen LogP contribution in [0.4, 0.5) is 45.2 Å². The number of carbonyl (C=O) groups excluding carboxylic acids is 4. The second-order valence-corrected chi connectivity index (χ2v) is 21.6. The van der Waals surface area contributed by atoms with Crippen LogP contribution in [0.2, 0.25) is 0 Å². The van der Waals surface area contributed by atoms with Crippen LogP contribution in [0.25, 0.3) is 0 Å². The molecule has 0 amide bonds. The van der Waals surface area contributed by atoms with Crippen LogP contribution in [0.5, 0.6) is 0 Å². The largest absolute Gasteiger partial charge is 0.534 e. The quantitative estimate of drug-likeness (QED) is 0.0588. The number of hydrogen-bond acceptors (Lipinski definition) is 16. The van der Waals surface area contributed by atoms with Crippen LogP contribution in [-0.4, -0.2) is 105 Å². The first-order chi connectivity index (χ1) is 31.4. The predicted molar refractivity (Wildman–Crippen MR) is 225 cm³/mol. The van der Waals surface area contributed by atoms with Crippen molar-refractivity contribution in [3.8, 4) is 0 Å². The Kier molecular flexibility index (Phi) is 20.8. The van der Waals surface area contributed by atoms with Gasteiger partial charge in [0.25, 0.3) is 0 Å². The van der Waals surface area contributed by atoms with E-state index in [-0.39, 0.29) is 72.9 Å². The number of ether oxygens (including phenoxy) is 3. The molecule has 17 nitrogen and oxygen atoms in total. The molecule has 0 bridgehead atoms. The number of Topliss-reactive ketones (excluding diaryl/α,β-unsaturated/α-hetero) is 1. The lowest BCUT2D eigenvalue weighted by Gasteiger charge is -2.32. The highest BCUT2D eigenvalue weighted by atomic mass is 32.3. The van der Waals surface area contributed by atoms with E-state index in [9.17, 15) is 83.9 Å². The van der Waals surface area contributed by atoms with Gasteiger partial charge in [0, 0.05) is 19.3 Å². The van der Waals surface area contributed by atoms with Gasteiger partial charge < -0.3 is 27.7 Å². The van der Waals surface area contributed by atoms with Crippen LogP contribution in [0, 0.1) is 17.8 Å². The molecule has 69 heavy (non-hydrogen) atoms. The molecule has 1 aromatic rings. The molecule has 1 saturated heterocycles. The number of methoxy groups -OCH3 is 3. The minimum Gasteiger partial charge on any atom is -0.469 e. The van der Waals surface area contributed by atoms with Gasteiger partial charge in [0.1, 0.15) is 11.5 Å². The van der Waals surface area contributed by atoms with Crippen molar-refractivity contribution in [3.63, 3.8) is 0 Å². The third kappa shape index (κ3) is 16.0. The number of rotatable bonds is 9. The third-order valence-corrected chi connectivity index (χ3v) is 15.6. The first-order valence-corrected chi connectivity index (χ1v) is 24.7. The molecule has 392 valence electrons. The molecule has 4 aliphatic rings.